The Morgan fingerprint density at radius 3 is 2.57 bits per heavy atom. The van der Waals surface area contributed by atoms with Gasteiger partial charge in [0.25, 0.3) is 5.91 Å². The Bertz CT molecular complexity index is 1270. The van der Waals surface area contributed by atoms with E-state index in [1.54, 1.807) is 11.0 Å². The average molecular weight is 532 g/mol. The molecular formula is C30H33N3O2S2. The lowest BCUT2D eigenvalue weighted by Crippen LogP contribution is -2.33. The number of thioether (sulfide) groups is 1. The molecular weight excluding hydrogens is 498 g/mol. The Morgan fingerprint density at radius 1 is 1.14 bits per heavy atom. The molecule has 0 bridgehead atoms. The van der Waals surface area contributed by atoms with Crippen molar-refractivity contribution < 1.29 is 9.53 Å². The number of aromatic nitrogens is 2. The van der Waals surface area contributed by atoms with E-state index in [-0.39, 0.29) is 5.91 Å². The van der Waals surface area contributed by atoms with Gasteiger partial charge in [-0.1, -0.05) is 87.9 Å². The SMILES string of the molecule is C=CCOc1ccc(-c2nn(-c3ccccc3)cc2C=C2SC(=S)N(CC(CC)CCCC)C2=O)cc1. The maximum Gasteiger partial charge on any atom is 0.266 e. The van der Waals surface area contributed by atoms with Crippen LogP contribution in [0, 0.1) is 5.92 Å². The summed E-state index contributed by atoms with van der Waals surface area (Å²) >= 11 is 7.01. The number of hydrogen-bond donors (Lipinski definition) is 0. The van der Waals surface area contributed by atoms with Crippen molar-refractivity contribution in [3.05, 3.63) is 83.9 Å². The molecule has 37 heavy (non-hydrogen) atoms. The van der Waals surface area contributed by atoms with Crippen LogP contribution in [0.25, 0.3) is 23.0 Å². The van der Waals surface area contributed by atoms with Crippen LogP contribution >= 0.6 is 24.0 Å². The zero-order valence-corrected chi connectivity index (χ0v) is 23.1. The van der Waals surface area contributed by atoms with E-state index >= 15 is 0 Å². The monoisotopic (exact) mass is 531 g/mol. The van der Waals surface area contributed by atoms with Gasteiger partial charge in [-0.05, 0) is 54.8 Å². The summed E-state index contributed by atoms with van der Waals surface area (Å²) in [5, 5.41) is 4.89. The van der Waals surface area contributed by atoms with Crippen LogP contribution < -0.4 is 4.74 Å². The number of ether oxygens (including phenoxy) is 1. The van der Waals surface area contributed by atoms with Crippen molar-refractivity contribution in [3.8, 4) is 22.7 Å². The summed E-state index contributed by atoms with van der Waals surface area (Å²) in [6, 6.07) is 17.8. The lowest BCUT2D eigenvalue weighted by molar-refractivity contribution is -0.122. The highest BCUT2D eigenvalue weighted by molar-refractivity contribution is 8.26. The summed E-state index contributed by atoms with van der Waals surface area (Å²) < 4.78 is 8.12. The number of hydrogen-bond acceptors (Lipinski definition) is 5. The third kappa shape index (κ3) is 6.59. The highest BCUT2D eigenvalue weighted by atomic mass is 32.2. The summed E-state index contributed by atoms with van der Waals surface area (Å²) in [5.74, 6) is 1.21. The number of amides is 1. The van der Waals surface area contributed by atoms with Crippen molar-refractivity contribution >= 4 is 40.3 Å². The number of para-hydroxylation sites is 1. The molecule has 1 aromatic heterocycles. The first-order valence-electron chi connectivity index (χ1n) is 12.8. The Morgan fingerprint density at radius 2 is 1.89 bits per heavy atom. The van der Waals surface area contributed by atoms with Gasteiger partial charge in [-0.2, -0.15) is 5.10 Å². The second-order valence-corrected chi connectivity index (χ2v) is 10.7. The van der Waals surface area contributed by atoms with Crippen molar-refractivity contribution in [3.63, 3.8) is 0 Å². The Labute approximate surface area is 229 Å². The predicted molar refractivity (Wildman–Crippen MR) is 158 cm³/mol. The number of benzene rings is 2. The maximum absolute atomic E-state index is 13.4. The van der Waals surface area contributed by atoms with Gasteiger partial charge in [0.1, 0.15) is 16.7 Å². The number of rotatable bonds is 12. The average Bonchev–Trinajstić information content (AvgIpc) is 3.46. The number of carbonyl (C=O) groups excluding carboxylic acids is 1. The zero-order valence-electron chi connectivity index (χ0n) is 21.4. The van der Waals surface area contributed by atoms with E-state index in [1.807, 2.05) is 71.6 Å². The molecule has 5 nitrogen and oxygen atoms in total. The van der Waals surface area contributed by atoms with Gasteiger partial charge < -0.3 is 4.74 Å². The molecule has 1 fully saturated rings. The van der Waals surface area contributed by atoms with E-state index in [0.29, 0.717) is 28.3 Å². The third-order valence-electron chi connectivity index (χ3n) is 6.40. The molecule has 0 N–H and O–H groups in total. The molecule has 1 saturated heterocycles. The van der Waals surface area contributed by atoms with Gasteiger partial charge in [0.2, 0.25) is 0 Å². The Balaban J connectivity index is 1.66. The first-order valence-corrected chi connectivity index (χ1v) is 14.0. The van der Waals surface area contributed by atoms with E-state index < -0.39 is 0 Å². The number of thiocarbonyl (C=S) groups is 1. The molecule has 1 aliphatic heterocycles. The van der Waals surface area contributed by atoms with Crippen LogP contribution in [-0.2, 0) is 4.79 Å². The molecule has 0 radical (unpaired) electrons. The molecule has 2 heterocycles. The van der Waals surface area contributed by atoms with Gasteiger partial charge in [0.05, 0.1) is 16.3 Å². The molecule has 2 aromatic carbocycles. The Hall–Kier alpha value is -3.16. The Kier molecular flexibility index (Phi) is 9.36. The largest absolute Gasteiger partial charge is 0.490 e. The fraction of sp³-hybridized carbons (Fsp3) is 0.300. The van der Waals surface area contributed by atoms with Crippen LogP contribution in [0.2, 0.25) is 0 Å². The second-order valence-electron chi connectivity index (χ2n) is 9.05. The van der Waals surface area contributed by atoms with Gasteiger partial charge >= 0.3 is 0 Å². The quantitative estimate of drug-likeness (QED) is 0.137. The highest BCUT2D eigenvalue weighted by Gasteiger charge is 2.33. The molecule has 0 aliphatic carbocycles. The molecule has 7 heteroatoms. The summed E-state index contributed by atoms with van der Waals surface area (Å²) in [5.41, 5.74) is 3.54. The van der Waals surface area contributed by atoms with Crippen LogP contribution in [0.5, 0.6) is 5.75 Å². The highest BCUT2D eigenvalue weighted by Crippen LogP contribution is 2.36. The van der Waals surface area contributed by atoms with Crippen molar-refractivity contribution in [2.24, 2.45) is 5.92 Å². The molecule has 0 spiro atoms. The van der Waals surface area contributed by atoms with Gasteiger partial charge in [0, 0.05) is 23.9 Å². The van der Waals surface area contributed by atoms with E-state index in [2.05, 4.69) is 20.4 Å². The normalized spacial score (nSPS) is 15.4. The number of nitrogens with zero attached hydrogens (tertiary/aromatic N) is 3. The zero-order chi connectivity index (χ0) is 26.2. The van der Waals surface area contributed by atoms with Gasteiger partial charge in [-0.25, -0.2) is 4.68 Å². The van der Waals surface area contributed by atoms with Crippen molar-refractivity contribution in [1.29, 1.82) is 0 Å². The number of carbonyl (C=O) groups is 1. The van der Waals surface area contributed by atoms with Crippen LogP contribution in [0.1, 0.15) is 45.1 Å². The van der Waals surface area contributed by atoms with Crippen LogP contribution in [0.3, 0.4) is 0 Å². The molecule has 1 aliphatic rings. The minimum atomic E-state index is -0.0171. The lowest BCUT2D eigenvalue weighted by Gasteiger charge is -2.21. The predicted octanol–water partition coefficient (Wildman–Crippen LogP) is 7.52. The standard InChI is InChI=1S/C30H33N3O2S2/c1-4-7-11-22(6-3)20-32-29(34)27(37-30(32)36)19-24-21-33(25-12-9-8-10-13-25)31-28(24)23-14-16-26(17-15-23)35-18-5-2/h5,8-10,12-17,19,21-22H,2,4,6-7,11,18,20H2,1,3H3. The van der Waals surface area contributed by atoms with E-state index in [9.17, 15) is 4.79 Å². The fourth-order valence-corrected chi connectivity index (χ4v) is 5.53. The second kappa shape index (κ2) is 12.9. The van der Waals surface area contributed by atoms with E-state index in [1.165, 1.54) is 18.2 Å². The molecule has 0 saturated carbocycles. The summed E-state index contributed by atoms with van der Waals surface area (Å²) in [7, 11) is 0. The van der Waals surface area contributed by atoms with Crippen LogP contribution in [0.15, 0.2) is 78.4 Å². The lowest BCUT2D eigenvalue weighted by atomic mass is 9.99. The molecule has 4 rings (SSSR count). The van der Waals surface area contributed by atoms with Gasteiger partial charge in [0.15, 0.2) is 0 Å². The van der Waals surface area contributed by atoms with Crippen molar-refractivity contribution in [2.45, 2.75) is 39.5 Å². The van der Waals surface area contributed by atoms with Gasteiger partial charge in [-0.15, -0.1) is 0 Å². The first kappa shape index (κ1) is 26.9. The topological polar surface area (TPSA) is 47.4 Å². The molecule has 3 aromatic rings. The number of unbranched alkanes of at least 4 members (excludes halogenated alkanes) is 1. The molecule has 1 atom stereocenters. The smallest absolute Gasteiger partial charge is 0.266 e. The summed E-state index contributed by atoms with van der Waals surface area (Å²) in [6.07, 6.45) is 10.1. The molecule has 1 unspecified atom stereocenters. The van der Waals surface area contributed by atoms with E-state index in [4.69, 9.17) is 22.1 Å². The third-order valence-corrected chi connectivity index (χ3v) is 7.78. The molecule has 1 amide bonds. The summed E-state index contributed by atoms with van der Waals surface area (Å²) in [4.78, 5) is 15.8. The first-order chi connectivity index (χ1) is 18.0. The van der Waals surface area contributed by atoms with Crippen molar-refractivity contribution in [2.75, 3.05) is 13.2 Å². The van der Waals surface area contributed by atoms with Crippen LogP contribution in [-0.4, -0.2) is 38.1 Å². The minimum Gasteiger partial charge on any atom is -0.490 e. The van der Waals surface area contributed by atoms with Crippen LogP contribution in [0.4, 0.5) is 0 Å². The van der Waals surface area contributed by atoms with Crippen molar-refractivity contribution in [1.82, 2.24) is 14.7 Å². The molecule has 192 valence electrons. The summed E-state index contributed by atoms with van der Waals surface area (Å²) in [6.45, 7) is 9.21. The fourth-order valence-electron chi connectivity index (χ4n) is 4.27. The van der Waals surface area contributed by atoms with E-state index in [0.717, 1.165) is 47.5 Å². The maximum atomic E-state index is 13.4. The van der Waals surface area contributed by atoms with Gasteiger partial charge in [-0.3, -0.25) is 9.69 Å². The minimum absolute atomic E-state index is 0.0171.